The fraction of sp³-hybridized carbons (Fsp3) is 0.929. The van der Waals surface area contributed by atoms with Gasteiger partial charge >= 0.3 is 5.97 Å². The molecule has 11 atom stereocenters. The van der Waals surface area contributed by atoms with Crippen molar-refractivity contribution in [1.82, 2.24) is 0 Å². The lowest BCUT2D eigenvalue weighted by molar-refractivity contribution is -0.217. The summed E-state index contributed by atoms with van der Waals surface area (Å²) in [6.07, 6.45) is 11.3. The van der Waals surface area contributed by atoms with Gasteiger partial charge in [0, 0.05) is 19.3 Å². The Morgan fingerprint density at radius 2 is 1.78 bits per heavy atom. The number of rotatable bonds is 6. The van der Waals surface area contributed by atoms with Crippen molar-refractivity contribution < 1.29 is 19.4 Å². The van der Waals surface area contributed by atoms with E-state index in [1.54, 1.807) is 6.92 Å². The van der Waals surface area contributed by atoms with Crippen LogP contribution in [0.5, 0.6) is 0 Å². The number of hydrogen-bond donors (Lipinski definition) is 1. The van der Waals surface area contributed by atoms with Crippen LogP contribution in [0.4, 0.5) is 0 Å². The Bertz CT molecular complexity index is 706. The minimum Gasteiger partial charge on any atom is -0.462 e. The zero-order valence-electron chi connectivity index (χ0n) is 21.0. The molecule has 0 radical (unpaired) electrons. The first-order valence-electron chi connectivity index (χ1n) is 13.5. The van der Waals surface area contributed by atoms with Gasteiger partial charge in [-0.1, -0.05) is 27.7 Å². The summed E-state index contributed by atoms with van der Waals surface area (Å²) in [5.74, 6) is 3.46. The molecule has 4 fully saturated rings. The van der Waals surface area contributed by atoms with E-state index in [2.05, 4.69) is 27.7 Å². The maximum atomic E-state index is 12.3. The number of aldehydes is 1. The summed E-state index contributed by atoms with van der Waals surface area (Å²) >= 11 is 0. The number of esters is 1. The number of hydrogen-bond acceptors (Lipinski definition) is 4. The molecule has 4 aliphatic carbocycles. The number of aliphatic hydroxyl groups is 1. The molecule has 1 N–H and O–H groups in total. The normalized spacial score (nSPS) is 48.8. The van der Waals surface area contributed by atoms with Crippen molar-refractivity contribution in [2.24, 2.45) is 52.3 Å². The average Bonchev–Trinajstić information content (AvgIpc) is 3.10. The lowest BCUT2D eigenvalue weighted by Crippen LogP contribution is -2.63. The highest BCUT2D eigenvalue weighted by atomic mass is 16.5. The minimum atomic E-state index is -0.208. The smallest absolute Gasteiger partial charge is 0.302 e. The third kappa shape index (κ3) is 3.77. The van der Waals surface area contributed by atoms with E-state index in [1.807, 2.05) is 0 Å². The van der Waals surface area contributed by atoms with Crippen LogP contribution >= 0.6 is 0 Å². The SMILES string of the molecule is CC[C@@H]1C2C[C@H](O)CC[C@]2(C)[C@H]2CC[C@]3(C)[C@@H]([C@H](C)CCC=O)CC[C@H]3[C@@H]2[C@@H]1OC(C)=O. The zero-order valence-corrected chi connectivity index (χ0v) is 21.0. The Labute approximate surface area is 195 Å². The second kappa shape index (κ2) is 9.04. The van der Waals surface area contributed by atoms with Crippen molar-refractivity contribution in [3.63, 3.8) is 0 Å². The second-order valence-electron chi connectivity index (χ2n) is 12.4. The van der Waals surface area contributed by atoms with Crippen LogP contribution in [-0.4, -0.2) is 29.6 Å². The van der Waals surface area contributed by atoms with E-state index in [4.69, 9.17) is 4.74 Å². The Balaban J connectivity index is 1.71. The number of carbonyl (C=O) groups is 2. The van der Waals surface area contributed by atoms with Crippen molar-refractivity contribution in [2.45, 2.75) is 111 Å². The lowest BCUT2D eigenvalue weighted by Gasteiger charge is -2.65. The predicted octanol–water partition coefficient (Wildman–Crippen LogP) is 5.80. The molecule has 0 saturated heterocycles. The van der Waals surface area contributed by atoms with Gasteiger partial charge in [-0.2, -0.15) is 0 Å². The van der Waals surface area contributed by atoms with Crippen molar-refractivity contribution in [3.8, 4) is 0 Å². The molecule has 0 aromatic carbocycles. The van der Waals surface area contributed by atoms with Gasteiger partial charge in [-0.25, -0.2) is 0 Å². The fourth-order valence-corrected chi connectivity index (χ4v) is 9.79. The highest BCUT2D eigenvalue weighted by molar-refractivity contribution is 5.66. The zero-order chi connectivity index (χ0) is 23.3. The van der Waals surface area contributed by atoms with Crippen molar-refractivity contribution in [3.05, 3.63) is 0 Å². The molecule has 4 nitrogen and oxygen atoms in total. The second-order valence-corrected chi connectivity index (χ2v) is 12.4. The van der Waals surface area contributed by atoms with Gasteiger partial charge < -0.3 is 14.6 Å². The van der Waals surface area contributed by atoms with Gasteiger partial charge in [-0.3, -0.25) is 4.79 Å². The Kier molecular flexibility index (Phi) is 6.85. The molecule has 182 valence electrons. The van der Waals surface area contributed by atoms with Gasteiger partial charge in [0.2, 0.25) is 0 Å². The van der Waals surface area contributed by atoms with Crippen LogP contribution in [0.25, 0.3) is 0 Å². The predicted molar refractivity (Wildman–Crippen MR) is 126 cm³/mol. The van der Waals surface area contributed by atoms with E-state index in [0.29, 0.717) is 47.8 Å². The first-order valence-corrected chi connectivity index (χ1v) is 13.5. The molecule has 1 unspecified atom stereocenters. The third-order valence-electron chi connectivity index (χ3n) is 11.2. The molecule has 0 bridgehead atoms. The summed E-state index contributed by atoms with van der Waals surface area (Å²) in [5.41, 5.74) is 0.515. The Morgan fingerprint density at radius 1 is 1.09 bits per heavy atom. The van der Waals surface area contributed by atoms with Crippen LogP contribution < -0.4 is 0 Å². The van der Waals surface area contributed by atoms with Gasteiger partial charge in [0.1, 0.15) is 12.4 Å². The quantitative estimate of drug-likeness (QED) is 0.414. The number of aliphatic hydroxyl groups excluding tert-OH is 1. The van der Waals surface area contributed by atoms with Crippen LogP contribution in [0, 0.1) is 52.3 Å². The summed E-state index contributed by atoms with van der Waals surface area (Å²) in [6, 6.07) is 0. The molecule has 32 heavy (non-hydrogen) atoms. The molecule has 0 spiro atoms. The fourth-order valence-electron chi connectivity index (χ4n) is 9.79. The summed E-state index contributed by atoms with van der Waals surface area (Å²) < 4.78 is 6.24. The minimum absolute atomic E-state index is 0.0143. The van der Waals surface area contributed by atoms with E-state index in [9.17, 15) is 14.7 Å². The topological polar surface area (TPSA) is 63.6 Å². The maximum Gasteiger partial charge on any atom is 0.302 e. The van der Waals surface area contributed by atoms with E-state index < -0.39 is 0 Å². The van der Waals surface area contributed by atoms with Crippen LogP contribution in [0.3, 0.4) is 0 Å². The maximum absolute atomic E-state index is 12.3. The monoisotopic (exact) mass is 446 g/mol. The Morgan fingerprint density at radius 3 is 2.44 bits per heavy atom. The first kappa shape index (κ1) is 24.2. The van der Waals surface area contributed by atoms with E-state index in [0.717, 1.165) is 38.4 Å². The van der Waals surface area contributed by atoms with Crippen molar-refractivity contribution in [2.75, 3.05) is 0 Å². The molecule has 0 aromatic rings. The van der Waals surface area contributed by atoms with Crippen LogP contribution in [-0.2, 0) is 14.3 Å². The number of fused-ring (bicyclic) bond motifs is 5. The summed E-state index contributed by atoms with van der Waals surface area (Å²) in [6.45, 7) is 11.2. The van der Waals surface area contributed by atoms with E-state index in [1.165, 1.54) is 25.7 Å². The van der Waals surface area contributed by atoms with Gasteiger partial charge in [0.15, 0.2) is 0 Å². The van der Waals surface area contributed by atoms with Crippen LogP contribution in [0.2, 0.25) is 0 Å². The Hall–Kier alpha value is -0.900. The molecule has 4 aliphatic rings. The van der Waals surface area contributed by atoms with Crippen molar-refractivity contribution in [1.29, 1.82) is 0 Å². The molecule has 0 aliphatic heterocycles. The average molecular weight is 447 g/mol. The van der Waals surface area contributed by atoms with Crippen LogP contribution in [0.15, 0.2) is 0 Å². The lowest BCUT2D eigenvalue weighted by atomic mass is 9.41. The van der Waals surface area contributed by atoms with Gasteiger partial charge in [0.25, 0.3) is 0 Å². The summed E-state index contributed by atoms with van der Waals surface area (Å²) in [7, 11) is 0. The standard InChI is InChI=1S/C28H46O4/c1-6-20-24-16-19(31)11-13-28(24,5)23-12-14-27(4)21(17(2)8-7-15-29)9-10-22(27)25(23)26(20)32-18(3)30/h15,17,19-26,31H,6-14,16H2,1-5H3/t17-,19-,20-,21-,22+,23+,24?,25+,26-,27-,28-/m1/s1. The molecular formula is C28H46O4. The van der Waals surface area contributed by atoms with Gasteiger partial charge in [0.05, 0.1) is 6.10 Å². The largest absolute Gasteiger partial charge is 0.462 e. The third-order valence-corrected chi connectivity index (χ3v) is 11.2. The van der Waals surface area contributed by atoms with Gasteiger partial charge in [-0.05, 0) is 104 Å². The molecular weight excluding hydrogens is 400 g/mol. The summed E-state index contributed by atoms with van der Waals surface area (Å²) in [5, 5.41) is 10.6. The van der Waals surface area contributed by atoms with E-state index >= 15 is 0 Å². The highest BCUT2D eigenvalue weighted by Gasteiger charge is 2.65. The molecule has 4 saturated carbocycles. The first-order chi connectivity index (χ1) is 15.2. The van der Waals surface area contributed by atoms with E-state index in [-0.39, 0.29) is 29.0 Å². The summed E-state index contributed by atoms with van der Waals surface area (Å²) in [4.78, 5) is 23.3. The van der Waals surface area contributed by atoms with Crippen LogP contribution in [0.1, 0.15) is 98.8 Å². The molecule has 4 heteroatoms. The van der Waals surface area contributed by atoms with Gasteiger partial charge in [-0.15, -0.1) is 0 Å². The highest BCUT2D eigenvalue weighted by Crippen LogP contribution is 2.70. The molecule has 0 amide bonds. The molecule has 0 heterocycles. The molecule has 4 rings (SSSR count). The number of carbonyl (C=O) groups excluding carboxylic acids is 2. The number of ether oxygens (including phenoxy) is 1. The molecule has 0 aromatic heterocycles. The van der Waals surface area contributed by atoms with Crippen molar-refractivity contribution >= 4 is 12.3 Å².